The molecule has 5 nitrogen and oxygen atoms in total. The molecule has 2 fully saturated rings. The van der Waals surface area contributed by atoms with E-state index in [1.54, 1.807) is 0 Å². The van der Waals surface area contributed by atoms with Gasteiger partial charge in [0.2, 0.25) is 5.91 Å². The van der Waals surface area contributed by atoms with Crippen LogP contribution in [0, 0.1) is 0 Å². The number of rotatable bonds is 4. The van der Waals surface area contributed by atoms with Crippen LogP contribution >= 0.6 is 0 Å². The topological polar surface area (TPSA) is 70.6 Å². The normalized spacial score (nSPS) is 28.2. The Kier molecular flexibility index (Phi) is 3.78. The van der Waals surface area contributed by atoms with Gasteiger partial charge in [0.05, 0.1) is 18.8 Å². The van der Waals surface area contributed by atoms with E-state index in [2.05, 4.69) is 10.6 Å². The second-order valence-corrected chi connectivity index (χ2v) is 4.78. The minimum Gasteiger partial charge on any atom is -0.388 e. The van der Waals surface area contributed by atoms with E-state index in [0.29, 0.717) is 19.6 Å². The van der Waals surface area contributed by atoms with E-state index in [-0.39, 0.29) is 11.9 Å². The molecule has 1 heterocycles. The van der Waals surface area contributed by atoms with Crippen LogP contribution < -0.4 is 10.6 Å². The third kappa shape index (κ3) is 3.17. The number of hydrogen-bond acceptors (Lipinski definition) is 4. The molecule has 0 radical (unpaired) electrons. The number of ether oxygens (including phenoxy) is 1. The molecule has 16 heavy (non-hydrogen) atoms. The smallest absolute Gasteiger partial charge is 0.221 e. The molecule has 0 bridgehead atoms. The van der Waals surface area contributed by atoms with Gasteiger partial charge in [0.25, 0.3) is 0 Å². The number of hydrogen-bond donors (Lipinski definition) is 3. The summed E-state index contributed by atoms with van der Waals surface area (Å²) in [5.41, 5.74) is -0.633. The number of morpholine rings is 1. The van der Waals surface area contributed by atoms with Crippen LogP contribution in [0.15, 0.2) is 0 Å². The Balaban J connectivity index is 1.63. The fourth-order valence-corrected chi connectivity index (χ4v) is 2.07. The minimum absolute atomic E-state index is 0.0108. The van der Waals surface area contributed by atoms with Gasteiger partial charge in [-0.2, -0.15) is 0 Å². The van der Waals surface area contributed by atoms with Crippen LogP contribution in [-0.2, 0) is 9.53 Å². The Morgan fingerprint density at radius 1 is 1.56 bits per heavy atom. The molecule has 1 saturated heterocycles. The zero-order valence-electron chi connectivity index (χ0n) is 9.50. The highest BCUT2D eigenvalue weighted by Gasteiger charge is 2.34. The first kappa shape index (κ1) is 11.8. The minimum atomic E-state index is -0.633. The summed E-state index contributed by atoms with van der Waals surface area (Å²) in [6.45, 7) is 2.51. The molecule has 1 aliphatic carbocycles. The van der Waals surface area contributed by atoms with Crippen LogP contribution in [0.2, 0.25) is 0 Å². The van der Waals surface area contributed by atoms with Gasteiger partial charge in [-0.25, -0.2) is 0 Å². The third-order valence-electron chi connectivity index (χ3n) is 3.33. The van der Waals surface area contributed by atoms with E-state index in [9.17, 15) is 9.90 Å². The Morgan fingerprint density at radius 3 is 2.94 bits per heavy atom. The van der Waals surface area contributed by atoms with Crippen LogP contribution in [0.1, 0.15) is 25.7 Å². The van der Waals surface area contributed by atoms with E-state index in [1.807, 2.05) is 0 Å². The Bertz CT molecular complexity index is 248. The van der Waals surface area contributed by atoms with Gasteiger partial charge < -0.3 is 20.5 Å². The number of amides is 1. The van der Waals surface area contributed by atoms with Gasteiger partial charge in [0, 0.05) is 25.6 Å². The van der Waals surface area contributed by atoms with Crippen molar-refractivity contribution in [3.63, 3.8) is 0 Å². The van der Waals surface area contributed by atoms with Crippen molar-refractivity contribution >= 4 is 5.91 Å². The quantitative estimate of drug-likeness (QED) is 0.601. The molecule has 3 N–H and O–H groups in total. The maximum absolute atomic E-state index is 11.6. The van der Waals surface area contributed by atoms with E-state index in [1.165, 1.54) is 0 Å². The lowest BCUT2D eigenvalue weighted by molar-refractivity contribution is -0.124. The average molecular weight is 228 g/mol. The van der Waals surface area contributed by atoms with Crippen molar-refractivity contribution in [1.29, 1.82) is 0 Å². The molecule has 92 valence electrons. The van der Waals surface area contributed by atoms with E-state index < -0.39 is 5.60 Å². The molecular weight excluding hydrogens is 208 g/mol. The van der Waals surface area contributed by atoms with Crippen LogP contribution in [0.5, 0.6) is 0 Å². The second-order valence-electron chi connectivity index (χ2n) is 4.78. The Labute approximate surface area is 95.5 Å². The third-order valence-corrected chi connectivity index (χ3v) is 3.33. The van der Waals surface area contributed by atoms with Gasteiger partial charge in [0.1, 0.15) is 0 Å². The first-order chi connectivity index (χ1) is 7.68. The van der Waals surface area contributed by atoms with Gasteiger partial charge >= 0.3 is 0 Å². The standard InChI is InChI=1S/C11H20N2O3/c14-10(6-9-7-16-5-4-12-9)13-8-11(15)2-1-3-11/h9,12,15H,1-8H2,(H,13,14). The molecule has 5 heteroatoms. The maximum Gasteiger partial charge on any atom is 0.221 e. The highest BCUT2D eigenvalue weighted by atomic mass is 16.5. The molecule has 1 amide bonds. The summed E-state index contributed by atoms with van der Waals surface area (Å²) >= 11 is 0. The Hall–Kier alpha value is -0.650. The van der Waals surface area contributed by atoms with Crippen molar-refractivity contribution in [2.75, 3.05) is 26.3 Å². The summed E-state index contributed by atoms with van der Waals surface area (Å²) in [6, 6.07) is 0.116. The summed E-state index contributed by atoms with van der Waals surface area (Å²) in [4.78, 5) is 11.6. The fourth-order valence-electron chi connectivity index (χ4n) is 2.07. The molecule has 0 aromatic heterocycles. The van der Waals surface area contributed by atoms with Crippen molar-refractivity contribution in [2.24, 2.45) is 0 Å². The number of aliphatic hydroxyl groups is 1. The first-order valence-corrected chi connectivity index (χ1v) is 5.98. The second kappa shape index (κ2) is 5.12. The van der Waals surface area contributed by atoms with Gasteiger partial charge in [-0.15, -0.1) is 0 Å². The molecule has 2 rings (SSSR count). The number of carbonyl (C=O) groups is 1. The molecule has 0 aromatic rings. The summed E-state index contributed by atoms with van der Waals surface area (Å²) < 4.78 is 5.27. The first-order valence-electron chi connectivity index (χ1n) is 5.98. The van der Waals surface area contributed by atoms with E-state index in [0.717, 1.165) is 32.4 Å². The molecular formula is C11H20N2O3. The van der Waals surface area contributed by atoms with Crippen LogP contribution in [-0.4, -0.2) is 49.0 Å². The van der Waals surface area contributed by atoms with E-state index in [4.69, 9.17) is 4.74 Å². The Morgan fingerprint density at radius 2 is 2.38 bits per heavy atom. The van der Waals surface area contributed by atoms with Crippen molar-refractivity contribution in [1.82, 2.24) is 10.6 Å². The lowest BCUT2D eigenvalue weighted by Crippen LogP contribution is -2.49. The van der Waals surface area contributed by atoms with Crippen molar-refractivity contribution in [3.8, 4) is 0 Å². The predicted octanol–water partition coefficient (Wildman–Crippen LogP) is -0.604. The zero-order valence-corrected chi connectivity index (χ0v) is 9.50. The van der Waals surface area contributed by atoms with E-state index >= 15 is 0 Å². The average Bonchev–Trinajstić information content (AvgIpc) is 2.25. The van der Waals surface area contributed by atoms with Crippen molar-refractivity contribution < 1.29 is 14.6 Å². The van der Waals surface area contributed by atoms with Crippen molar-refractivity contribution in [2.45, 2.75) is 37.3 Å². The molecule has 1 unspecified atom stereocenters. The van der Waals surface area contributed by atoms with Crippen LogP contribution in [0.4, 0.5) is 0 Å². The molecule has 2 aliphatic rings. The lowest BCUT2D eigenvalue weighted by atomic mass is 9.80. The van der Waals surface area contributed by atoms with Gasteiger partial charge in [-0.3, -0.25) is 4.79 Å². The molecule has 1 atom stereocenters. The maximum atomic E-state index is 11.6. The van der Waals surface area contributed by atoms with Gasteiger partial charge in [0.15, 0.2) is 0 Å². The number of nitrogens with one attached hydrogen (secondary N) is 2. The predicted molar refractivity (Wildman–Crippen MR) is 59.0 cm³/mol. The van der Waals surface area contributed by atoms with Crippen LogP contribution in [0.3, 0.4) is 0 Å². The molecule has 0 aromatic carbocycles. The van der Waals surface area contributed by atoms with Gasteiger partial charge in [-0.1, -0.05) is 0 Å². The highest BCUT2D eigenvalue weighted by molar-refractivity contribution is 5.76. The lowest BCUT2D eigenvalue weighted by Gasteiger charge is -2.36. The summed E-state index contributed by atoms with van der Waals surface area (Å²) in [5.74, 6) is -0.0108. The fraction of sp³-hybridized carbons (Fsp3) is 0.909. The molecule has 0 spiro atoms. The van der Waals surface area contributed by atoms with Crippen molar-refractivity contribution in [3.05, 3.63) is 0 Å². The summed E-state index contributed by atoms with van der Waals surface area (Å²) in [7, 11) is 0. The molecule has 1 aliphatic heterocycles. The number of carbonyl (C=O) groups excluding carboxylic acids is 1. The van der Waals surface area contributed by atoms with Gasteiger partial charge in [-0.05, 0) is 19.3 Å². The monoisotopic (exact) mass is 228 g/mol. The summed E-state index contributed by atoms with van der Waals surface area (Å²) in [6.07, 6.45) is 3.09. The molecule has 1 saturated carbocycles. The highest BCUT2D eigenvalue weighted by Crippen LogP contribution is 2.30. The van der Waals surface area contributed by atoms with Crippen LogP contribution in [0.25, 0.3) is 0 Å². The zero-order chi connectivity index (χ0) is 11.4. The summed E-state index contributed by atoms with van der Waals surface area (Å²) in [5, 5.41) is 15.8. The SMILES string of the molecule is O=C(CC1COCCN1)NCC1(O)CCC1. The largest absolute Gasteiger partial charge is 0.388 e.